The number of benzene rings is 2. The molecule has 1 saturated heterocycles. The van der Waals surface area contributed by atoms with Gasteiger partial charge in [-0.25, -0.2) is 4.39 Å². The Morgan fingerprint density at radius 1 is 1.14 bits per heavy atom. The molecular formula is C22H25FN4O. The van der Waals surface area contributed by atoms with E-state index in [1.165, 1.54) is 6.07 Å². The van der Waals surface area contributed by atoms with E-state index in [0.717, 1.165) is 49.4 Å². The first-order valence-corrected chi connectivity index (χ1v) is 9.64. The lowest BCUT2D eigenvalue weighted by Gasteiger charge is -2.23. The largest absolute Gasteiger partial charge is 0.368 e. The van der Waals surface area contributed by atoms with Crippen molar-refractivity contribution in [1.29, 1.82) is 0 Å². The van der Waals surface area contributed by atoms with Gasteiger partial charge in [0.15, 0.2) is 0 Å². The van der Waals surface area contributed by atoms with E-state index >= 15 is 0 Å². The molecular weight excluding hydrogens is 355 g/mol. The maximum absolute atomic E-state index is 14.7. The van der Waals surface area contributed by atoms with Crippen LogP contribution in [0.15, 0.2) is 42.6 Å². The summed E-state index contributed by atoms with van der Waals surface area (Å²) in [6, 6.07) is 10.9. The molecule has 0 saturated carbocycles. The van der Waals surface area contributed by atoms with Gasteiger partial charge in [-0.1, -0.05) is 12.1 Å². The lowest BCUT2D eigenvalue weighted by molar-refractivity contribution is -0.110. The van der Waals surface area contributed by atoms with Crippen molar-refractivity contribution in [3.8, 4) is 0 Å². The fraction of sp³-hybridized carbons (Fsp3) is 0.318. The van der Waals surface area contributed by atoms with Gasteiger partial charge in [-0.3, -0.25) is 4.79 Å². The topological polar surface area (TPSA) is 47.6 Å². The number of likely N-dealkylation sites (N-methyl/N-ethyl adjacent to an activating group) is 1. The maximum atomic E-state index is 14.7. The molecule has 1 fully saturated rings. The molecule has 0 radical (unpaired) electrons. The summed E-state index contributed by atoms with van der Waals surface area (Å²) < 4.78 is 14.7. The predicted octanol–water partition coefficient (Wildman–Crippen LogP) is 3.68. The van der Waals surface area contributed by atoms with Crippen LogP contribution in [0.2, 0.25) is 0 Å². The van der Waals surface area contributed by atoms with E-state index in [-0.39, 0.29) is 11.7 Å². The first kappa shape index (κ1) is 18.5. The summed E-state index contributed by atoms with van der Waals surface area (Å²) in [4.78, 5) is 16.7. The maximum Gasteiger partial charge on any atom is 0.257 e. The quantitative estimate of drug-likeness (QED) is 0.798. The van der Waals surface area contributed by atoms with Crippen LogP contribution in [0.25, 0.3) is 5.57 Å². The summed E-state index contributed by atoms with van der Waals surface area (Å²) in [7, 11) is 2.10. The first-order chi connectivity index (χ1) is 13.5. The number of carbonyl (C=O) groups is 1. The summed E-state index contributed by atoms with van der Waals surface area (Å²) in [6.45, 7) is 5.61. The fourth-order valence-electron chi connectivity index (χ4n) is 3.87. The van der Waals surface area contributed by atoms with E-state index in [2.05, 4.69) is 27.5 Å². The minimum absolute atomic E-state index is 0.150. The van der Waals surface area contributed by atoms with Crippen molar-refractivity contribution in [2.75, 3.05) is 48.8 Å². The SMILES string of the molecule is Cc1cccc2c1C(=CNc1ccc(N3CCCN(C)CC3)c(F)c1)C(=O)N2. The van der Waals surface area contributed by atoms with Crippen molar-refractivity contribution in [2.45, 2.75) is 13.3 Å². The molecule has 0 aromatic heterocycles. The molecule has 1 amide bonds. The fourth-order valence-corrected chi connectivity index (χ4v) is 3.87. The summed E-state index contributed by atoms with van der Waals surface area (Å²) in [5.41, 5.74) is 4.55. The van der Waals surface area contributed by atoms with Gasteiger partial charge in [-0.15, -0.1) is 0 Å². The molecule has 2 heterocycles. The minimum atomic E-state index is -0.250. The zero-order chi connectivity index (χ0) is 19.7. The third kappa shape index (κ3) is 3.60. The van der Waals surface area contributed by atoms with Gasteiger partial charge >= 0.3 is 0 Å². The zero-order valence-electron chi connectivity index (χ0n) is 16.3. The molecule has 2 aliphatic heterocycles. The number of halogens is 1. The Kier molecular flexibility index (Phi) is 5.05. The third-order valence-electron chi connectivity index (χ3n) is 5.43. The molecule has 0 bridgehead atoms. The van der Waals surface area contributed by atoms with Crippen LogP contribution in [0, 0.1) is 12.7 Å². The summed E-state index contributed by atoms with van der Waals surface area (Å²) in [5.74, 6) is -0.400. The van der Waals surface area contributed by atoms with Crippen molar-refractivity contribution in [1.82, 2.24) is 4.90 Å². The van der Waals surface area contributed by atoms with Gasteiger partial charge in [-0.05, 0) is 56.8 Å². The van der Waals surface area contributed by atoms with E-state index in [1.54, 1.807) is 6.20 Å². The first-order valence-electron chi connectivity index (χ1n) is 9.64. The van der Waals surface area contributed by atoms with Crippen molar-refractivity contribution >= 4 is 28.5 Å². The molecule has 0 unspecified atom stereocenters. The summed E-state index contributed by atoms with van der Waals surface area (Å²) in [5, 5.41) is 5.95. The van der Waals surface area contributed by atoms with Gasteiger partial charge in [0.25, 0.3) is 5.91 Å². The molecule has 146 valence electrons. The molecule has 2 aromatic rings. The van der Waals surface area contributed by atoms with Crippen LogP contribution in [-0.4, -0.2) is 44.0 Å². The van der Waals surface area contributed by atoms with Gasteiger partial charge in [-0.2, -0.15) is 0 Å². The number of fused-ring (bicyclic) bond motifs is 1. The molecule has 0 atom stereocenters. The van der Waals surface area contributed by atoms with E-state index < -0.39 is 0 Å². The second kappa shape index (κ2) is 7.64. The second-order valence-electron chi connectivity index (χ2n) is 7.46. The number of aryl methyl sites for hydroxylation is 1. The third-order valence-corrected chi connectivity index (χ3v) is 5.43. The second-order valence-corrected chi connectivity index (χ2v) is 7.46. The Morgan fingerprint density at radius 3 is 2.82 bits per heavy atom. The highest BCUT2D eigenvalue weighted by molar-refractivity contribution is 6.32. The van der Waals surface area contributed by atoms with Crippen LogP contribution in [0.4, 0.5) is 21.5 Å². The predicted molar refractivity (Wildman–Crippen MR) is 112 cm³/mol. The summed E-state index contributed by atoms with van der Waals surface area (Å²) >= 11 is 0. The Bertz CT molecular complexity index is 940. The standard InChI is InChI=1S/C22H25FN4O/c1-15-5-3-6-19-21(15)17(22(28)25-19)14-24-16-7-8-20(18(23)13-16)27-10-4-9-26(2)11-12-27/h3,5-8,13-14,24H,4,9-12H2,1-2H3,(H,25,28). The van der Waals surface area contributed by atoms with Gasteiger partial charge in [0, 0.05) is 42.8 Å². The van der Waals surface area contributed by atoms with Crippen LogP contribution in [0.3, 0.4) is 0 Å². The number of hydrogen-bond donors (Lipinski definition) is 2. The van der Waals surface area contributed by atoms with E-state index in [4.69, 9.17) is 0 Å². The number of carbonyl (C=O) groups excluding carboxylic acids is 1. The number of nitrogens with one attached hydrogen (secondary N) is 2. The molecule has 2 N–H and O–H groups in total. The van der Waals surface area contributed by atoms with Gasteiger partial charge < -0.3 is 20.4 Å². The number of anilines is 3. The van der Waals surface area contributed by atoms with Gasteiger partial charge in [0.05, 0.1) is 11.3 Å². The molecule has 2 aliphatic rings. The highest BCUT2D eigenvalue weighted by atomic mass is 19.1. The Morgan fingerprint density at radius 2 is 2.00 bits per heavy atom. The van der Waals surface area contributed by atoms with Crippen LogP contribution in [0.5, 0.6) is 0 Å². The molecule has 0 aliphatic carbocycles. The number of amides is 1. The highest BCUT2D eigenvalue weighted by Gasteiger charge is 2.25. The van der Waals surface area contributed by atoms with Crippen LogP contribution >= 0.6 is 0 Å². The molecule has 4 rings (SSSR count). The lowest BCUT2D eigenvalue weighted by atomic mass is 10.0. The number of hydrogen-bond acceptors (Lipinski definition) is 4. The molecule has 2 aromatic carbocycles. The van der Waals surface area contributed by atoms with Crippen molar-refractivity contribution < 1.29 is 9.18 Å². The minimum Gasteiger partial charge on any atom is -0.368 e. The molecule has 6 heteroatoms. The number of rotatable bonds is 3. The highest BCUT2D eigenvalue weighted by Crippen LogP contribution is 2.34. The van der Waals surface area contributed by atoms with Gasteiger partial charge in [0.1, 0.15) is 5.82 Å². The van der Waals surface area contributed by atoms with Crippen LogP contribution in [-0.2, 0) is 4.79 Å². The molecule has 0 spiro atoms. The zero-order valence-corrected chi connectivity index (χ0v) is 16.3. The average Bonchev–Trinajstić information content (AvgIpc) is 2.84. The van der Waals surface area contributed by atoms with Crippen molar-refractivity contribution in [3.63, 3.8) is 0 Å². The van der Waals surface area contributed by atoms with E-state index in [9.17, 15) is 9.18 Å². The van der Waals surface area contributed by atoms with Crippen LogP contribution < -0.4 is 15.5 Å². The normalized spacial score (nSPS) is 18.8. The molecule has 5 nitrogen and oxygen atoms in total. The van der Waals surface area contributed by atoms with Crippen molar-refractivity contribution in [2.24, 2.45) is 0 Å². The summed E-state index contributed by atoms with van der Waals surface area (Å²) in [6.07, 6.45) is 2.68. The van der Waals surface area contributed by atoms with E-state index in [1.807, 2.05) is 37.3 Å². The monoisotopic (exact) mass is 380 g/mol. The smallest absolute Gasteiger partial charge is 0.257 e. The Hall–Kier alpha value is -2.86. The number of nitrogens with zero attached hydrogens (tertiary/aromatic N) is 2. The lowest BCUT2D eigenvalue weighted by Crippen LogP contribution is -2.29. The van der Waals surface area contributed by atoms with Gasteiger partial charge in [0.2, 0.25) is 0 Å². The Labute approximate surface area is 164 Å². The average molecular weight is 380 g/mol. The van der Waals surface area contributed by atoms with Crippen LogP contribution in [0.1, 0.15) is 17.5 Å². The Balaban J connectivity index is 1.53. The molecule has 28 heavy (non-hydrogen) atoms. The van der Waals surface area contributed by atoms with E-state index in [0.29, 0.717) is 16.9 Å². The van der Waals surface area contributed by atoms with Crippen molar-refractivity contribution in [3.05, 3.63) is 59.5 Å².